The second kappa shape index (κ2) is 7.90. The summed E-state index contributed by atoms with van der Waals surface area (Å²) in [5, 5.41) is 0. The van der Waals surface area contributed by atoms with Gasteiger partial charge in [-0.3, -0.25) is 4.79 Å². The molecule has 6 nitrogen and oxygen atoms in total. The third-order valence-corrected chi connectivity index (χ3v) is 4.50. The Kier molecular flexibility index (Phi) is 6.73. The van der Waals surface area contributed by atoms with E-state index in [1.165, 1.54) is 0 Å². The SMILES string of the molecule is Cc1ccc(S(=O)(=O)NCCC[C@@H](N)C(=O)OC(C)(C)C)cc1. The molecule has 1 aromatic carbocycles. The van der Waals surface area contributed by atoms with Crippen LogP contribution in [0.15, 0.2) is 29.2 Å². The molecular formula is C16H26N2O4S. The van der Waals surface area contributed by atoms with E-state index >= 15 is 0 Å². The van der Waals surface area contributed by atoms with E-state index in [1.807, 2.05) is 6.92 Å². The minimum absolute atomic E-state index is 0.215. The zero-order valence-electron chi connectivity index (χ0n) is 14.1. The van der Waals surface area contributed by atoms with Crippen LogP contribution in [0.1, 0.15) is 39.2 Å². The average Bonchev–Trinajstić information content (AvgIpc) is 2.42. The van der Waals surface area contributed by atoms with Crippen molar-refractivity contribution >= 4 is 16.0 Å². The van der Waals surface area contributed by atoms with Gasteiger partial charge in [0.1, 0.15) is 11.6 Å². The lowest BCUT2D eigenvalue weighted by atomic mass is 10.1. The summed E-state index contributed by atoms with van der Waals surface area (Å²) in [4.78, 5) is 11.9. The highest BCUT2D eigenvalue weighted by atomic mass is 32.2. The summed E-state index contributed by atoms with van der Waals surface area (Å²) in [6.45, 7) is 7.42. The Morgan fingerprint density at radius 1 is 1.26 bits per heavy atom. The van der Waals surface area contributed by atoms with E-state index in [1.54, 1.807) is 45.0 Å². The Morgan fingerprint density at radius 3 is 2.35 bits per heavy atom. The van der Waals surface area contributed by atoms with Gasteiger partial charge in [0.2, 0.25) is 10.0 Å². The second-order valence-corrected chi connectivity index (χ2v) is 8.26. The van der Waals surface area contributed by atoms with Crippen LogP contribution in [0, 0.1) is 6.92 Å². The van der Waals surface area contributed by atoms with E-state index in [2.05, 4.69) is 4.72 Å². The molecule has 1 aromatic rings. The van der Waals surface area contributed by atoms with Gasteiger partial charge in [0.05, 0.1) is 4.90 Å². The molecule has 0 saturated heterocycles. The first kappa shape index (κ1) is 19.6. The topological polar surface area (TPSA) is 98.5 Å². The summed E-state index contributed by atoms with van der Waals surface area (Å²) >= 11 is 0. The van der Waals surface area contributed by atoms with Gasteiger partial charge in [-0.05, 0) is 52.7 Å². The minimum Gasteiger partial charge on any atom is -0.459 e. The zero-order chi connectivity index (χ0) is 17.7. The smallest absolute Gasteiger partial charge is 0.323 e. The van der Waals surface area contributed by atoms with Crippen molar-refractivity contribution in [1.29, 1.82) is 0 Å². The maximum Gasteiger partial charge on any atom is 0.323 e. The van der Waals surface area contributed by atoms with Gasteiger partial charge in [0.15, 0.2) is 0 Å². The number of sulfonamides is 1. The Morgan fingerprint density at radius 2 is 1.83 bits per heavy atom. The maximum atomic E-state index is 12.1. The van der Waals surface area contributed by atoms with Crippen molar-refractivity contribution in [2.45, 2.75) is 57.1 Å². The number of hydrogen-bond donors (Lipinski definition) is 2. The van der Waals surface area contributed by atoms with E-state index < -0.39 is 27.6 Å². The summed E-state index contributed by atoms with van der Waals surface area (Å²) in [6.07, 6.45) is 0.802. The predicted molar refractivity (Wildman–Crippen MR) is 89.4 cm³/mol. The van der Waals surface area contributed by atoms with Crippen LogP contribution in [-0.2, 0) is 19.6 Å². The highest BCUT2D eigenvalue weighted by Gasteiger charge is 2.22. The summed E-state index contributed by atoms with van der Waals surface area (Å²) in [5.74, 6) is -0.473. The number of aryl methyl sites for hydroxylation is 1. The highest BCUT2D eigenvalue weighted by Crippen LogP contribution is 2.11. The first-order valence-corrected chi connectivity index (χ1v) is 9.04. The molecule has 0 unspecified atom stereocenters. The van der Waals surface area contributed by atoms with Gasteiger partial charge in [0.25, 0.3) is 0 Å². The number of carbonyl (C=O) groups excluding carboxylic acids is 1. The van der Waals surface area contributed by atoms with Crippen LogP contribution in [0.25, 0.3) is 0 Å². The van der Waals surface area contributed by atoms with Gasteiger partial charge in [0, 0.05) is 6.54 Å². The number of nitrogens with two attached hydrogens (primary N) is 1. The number of rotatable bonds is 7. The van der Waals surface area contributed by atoms with Crippen molar-refractivity contribution < 1.29 is 17.9 Å². The van der Waals surface area contributed by atoms with Gasteiger partial charge in [-0.2, -0.15) is 0 Å². The Labute approximate surface area is 138 Å². The van der Waals surface area contributed by atoms with Crippen molar-refractivity contribution in [1.82, 2.24) is 4.72 Å². The van der Waals surface area contributed by atoms with Gasteiger partial charge in [-0.1, -0.05) is 17.7 Å². The van der Waals surface area contributed by atoms with Crippen LogP contribution in [0.5, 0.6) is 0 Å². The third kappa shape index (κ3) is 7.11. The molecule has 0 saturated carbocycles. The monoisotopic (exact) mass is 342 g/mol. The fourth-order valence-corrected chi connectivity index (χ4v) is 2.90. The molecule has 0 amide bonds. The van der Waals surface area contributed by atoms with Crippen LogP contribution >= 0.6 is 0 Å². The normalized spacial score (nSPS) is 13.6. The second-order valence-electron chi connectivity index (χ2n) is 6.49. The zero-order valence-corrected chi connectivity index (χ0v) is 14.9. The largest absolute Gasteiger partial charge is 0.459 e. The number of carbonyl (C=O) groups is 1. The molecule has 0 fully saturated rings. The number of esters is 1. The van der Waals surface area contributed by atoms with Gasteiger partial charge in [-0.25, -0.2) is 13.1 Å². The molecule has 0 aliphatic carbocycles. The van der Waals surface area contributed by atoms with Crippen LogP contribution in [-0.4, -0.2) is 32.6 Å². The standard InChI is InChI=1S/C16H26N2O4S/c1-12-7-9-13(10-8-12)23(20,21)18-11-5-6-14(17)15(19)22-16(2,3)4/h7-10,14,18H,5-6,11,17H2,1-4H3/t14-/m1/s1. The van der Waals surface area contributed by atoms with Crippen LogP contribution in [0.3, 0.4) is 0 Å². The molecule has 1 atom stereocenters. The fraction of sp³-hybridized carbons (Fsp3) is 0.562. The molecule has 23 heavy (non-hydrogen) atoms. The number of benzene rings is 1. The molecule has 0 spiro atoms. The first-order valence-electron chi connectivity index (χ1n) is 7.56. The Bertz CT molecular complexity index is 618. The lowest BCUT2D eigenvalue weighted by molar-refractivity contribution is -0.156. The van der Waals surface area contributed by atoms with Crippen molar-refractivity contribution in [3.8, 4) is 0 Å². The molecule has 0 heterocycles. The van der Waals surface area contributed by atoms with Crippen molar-refractivity contribution in [2.24, 2.45) is 5.73 Å². The van der Waals surface area contributed by atoms with E-state index in [-0.39, 0.29) is 11.4 Å². The van der Waals surface area contributed by atoms with Crippen molar-refractivity contribution in [3.63, 3.8) is 0 Å². The lowest BCUT2D eigenvalue weighted by Crippen LogP contribution is -2.38. The van der Waals surface area contributed by atoms with Crippen LogP contribution < -0.4 is 10.5 Å². The third-order valence-electron chi connectivity index (χ3n) is 3.02. The Balaban J connectivity index is 2.42. The van der Waals surface area contributed by atoms with Gasteiger partial charge < -0.3 is 10.5 Å². The molecule has 0 aliphatic rings. The van der Waals surface area contributed by atoms with E-state index in [0.29, 0.717) is 12.8 Å². The van der Waals surface area contributed by atoms with Gasteiger partial charge in [-0.15, -0.1) is 0 Å². The molecule has 0 bridgehead atoms. The molecule has 3 N–H and O–H groups in total. The lowest BCUT2D eigenvalue weighted by Gasteiger charge is -2.22. The molecule has 130 valence electrons. The predicted octanol–water partition coefficient (Wildman–Crippen LogP) is 1.72. The van der Waals surface area contributed by atoms with Crippen molar-refractivity contribution in [2.75, 3.05) is 6.54 Å². The molecule has 0 aromatic heterocycles. The van der Waals surface area contributed by atoms with E-state index in [4.69, 9.17) is 10.5 Å². The van der Waals surface area contributed by atoms with Gasteiger partial charge >= 0.3 is 5.97 Å². The molecule has 0 radical (unpaired) electrons. The van der Waals surface area contributed by atoms with Crippen LogP contribution in [0.4, 0.5) is 0 Å². The molecular weight excluding hydrogens is 316 g/mol. The van der Waals surface area contributed by atoms with Crippen LogP contribution in [0.2, 0.25) is 0 Å². The number of ether oxygens (including phenoxy) is 1. The summed E-state index contributed by atoms with van der Waals surface area (Å²) in [7, 11) is -3.53. The first-order chi connectivity index (χ1) is 10.5. The highest BCUT2D eigenvalue weighted by molar-refractivity contribution is 7.89. The minimum atomic E-state index is -3.53. The molecule has 7 heteroatoms. The van der Waals surface area contributed by atoms with Crippen molar-refractivity contribution in [3.05, 3.63) is 29.8 Å². The summed E-state index contributed by atoms with van der Waals surface area (Å²) in [5.41, 5.74) is 6.16. The summed E-state index contributed by atoms with van der Waals surface area (Å²) < 4.78 is 31.8. The van der Waals surface area contributed by atoms with E-state index in [9.17, 15) is 13.2 Å². The maximum absolute atomic E-state index is 12.1. The quantitative estimate of drug-likeness (QED) is 0.581. The summed E-state index contributed by atoms with van der Waals surface area (Å²) in [6, 6.07) is 5.85. The Hall–Kier alpha value is -1.44. The molecule has 0 aliphatic heterocycles. The average molecular weight is 342 g/mol. The number of nitrogens with one attached hydrogen (secondary N) is 1. The number of hydrogen-bond acceptors (Lipinski definition) is 5. The fourth-order valence-electron chi connectivity index (χ4n) is 1.82. The van der Waals surface area contributed by atoms with E-state index in [0.717, 1.165) is 5.56 Å². The molecule has 1 rings (SSSR count).